The van der Waals surface area contributed by atoms with Crippen molar-refractivity contribution in [2.45, 2.75) is 19.4 Å². The lowest BCUT2D eigenvalue weighted by Gasteiger charge is -2.34. The molecular formula is C23H27N5O2. The van der Waals surface area contributed by atoms with Gasteiger partial charge in [-0.25, -0.2) is 4.98 Å². The molecule has 2 aromatic heterocycles. The fourth-order valence-corrected chi connectivity index (χ4v) is 3.74. The summed E-state index contributed by atoms with van der Waals surface area (Å²) in [6.07, 6.45) is 5.18. The third-order valence-electron chi connectivity index (χ3n) is 5.41. The van der Waals surface area contributed by atoms with Crippen LogP contribution in [0.4, 0.5) is 0 Å². The molecule has 0 aliphatic carbocycles. The number of hydrogen-bond donors (Lipinski definition) is 1. The van der Waals surface area contributed by atoms with Gasteiger partial charge >= 0.3 is 0 Å². The highest BCUT2D eigenvalue weighted by Crippen LogP contribution is 2.11. The number of carbonyl (C=O) groups excluding carboxylic acids is 2. The Morgan fingerprint density at radius 3 is 2.50 bits per heavy atom. The minimum Gasteiger partial charge on any atom is -0.352 e. The third-order valence-corrected chi connectivity index (χ3v) is 5.41. The second-order valence-corrected chi connectivity index (χ2v) is 7.58. The van der Waals surface area contributed by atoms with Gasteiger partial charge in [-0.3, -0.25) is 14.5 Å². The van der Waals surface area contributed by atoms with Gasteiger partial charge in [-0.05, 0) is 30.7 Å². The summed E-state index contributed by atoms with van der Waals surface area (Å²) in [5, 5.41) is 2.88. The zero-order chi connectivity index (χ0) is 20.8. The van der Waals surface area contributed by atoms with Crippen molar-refractivity contribution >= 4 is 17.5 Å². The largest absolute Gasteiger partial charge is 0.352 e. The zero-order valence-corrected chi connectivity index (χ0v) is 17.0. The third kappa shape index (κ3) is 5.04. The van der Waals surface area contributed by atoms with E-state index >= 15 is 0 Å². The van der Waals surface area contributed by atoms with Gasteiger partial charge in [0.05, 0.1) is 5.69 Å². The van der Waals surface area contributed by atoms with E-state index in [1.165, 1.54) is 0 Å². The highest BCUT2D eigenvalue weighted by atomic mass is 16.2. The van der Waals surface area contributed by atoms with E-state index in [1.807, 2.05) is 51.9 Å². The molecule has 0 saturated carbocycles. The number of benzene rings is 1. The van der Waals surface area contributed by atoms with Gasteiger partial charge < -0.3 is 14.6 Å². The molecule has 0 radical (unpaired) electrons. The number of pyridine rings is 1. The van der Waals surface area contributed by atoms with Gasteiger partial charge in [0.1, 0.15) is 5.65 Å². The summed E-state index contributed by atoms with van der Waals surface area (Å²) >= 11 is 0. The molecule has 0 bridgehead atoms. The van der Waals surface area contributed by atoms with Crippen LogP contribution in [0, 0.1) is 0 Å². The van der Waals surface area contributed by atoms with Crippen molar-refractivity contribution in [1.29, 1.82) is 0 Å². The second-order valence-electron chi connectivity index (χ2n) is 7.58. The Hall–Kier alpha value is -3.19. The molecule has 1 fully saturated rings. The minimum atomic E-state index is -0.0939. The van der Waals surface area contributed by atoms with E-state index in [0.717, 1.165) is 44.1 Å². The Kier molecular flexibility index (Phi) is 6.39. The van der Waals surface area contributed by atoms with Gasteiger partial charge in [-0.15, -0.1) is 0 Å². The zero-order valence-electron chi connectivity index (χ0n) is 17.0. The molecule has 1 saturated heterocycles. The maximum absolute atomic E-state index is 12.5. The molecule has 7 heteroatoms. The number of amides is 2. The van der Waals surface area contributed by atoms with Crippen LogP contribution in [0.1, 0.15) is 28.9 Å². The average Bonchev–Trinajstić information content (AvgIpc) is 3.20. The van der Waals surface area contributed by atoms with E-state index in [-0.39, 0.29) is 11.8 Å². The van der Waals surface area contributed by atoms with Crippen LogP contribution in [0.3, 0.4) is 0 Å². The molecule has 0 spiro atoms. The maximum Gasteiger partial charge on any atom is 0.251 e. The Morgan fingerprint density at radius 1 is 0.967 bits per heavy atom. The van der Waals surface area contributed by atoms with Crippen molar-refractivity contribution in [1.82, 2.24) is 24.5 Å². The fraction of sp³-hybridized carbons (Fsp3) is 0.348. The number of imidazole rings is 1. The first-order chi connectivity index (χ1) is 14.7. The predicted molar refractivity (Wildman–Crippen MR) is 115 cm³/mol. The molecular weight excluding hydrogens is 378 g/mol. The number of hydrogen-bond acceptors (Lipinski definition) is 4. The van der Waals surface area contributed by atoms with Crippen molar-refractivity contribution in [2.75, 3.05) is 32.7 Å². The Bertz CT molecular complexity index is 960. The average molecular weight is 406 g/mol. The van der Waals surface area contributed by atoms with Crippen LogP contribution >= 0.6 is 0 Å². The first-order valence-corrected chi connectivity index (χ1v) is 10.4. The Balaban J connectivity index is 1.16. The summed E-state index contributed by atoms with van der Waals surface area (Å²) in [4.78, 5) is 33.4. The van der Waals surface area contributed by atoms with Crippen LogP contribution in [0.5, 0.6) is 0 Å². The lowest BCUT2D eigenvalue weighted by Crippen LogP contribution is -2.48. The Labute approximate surface area is 176 Å². The molecule has 3 aromatic rings. The number of carbonyl (C=O) groups is 2. The van der Waals surface area contributed by atoms with Gasteiger partial charge in [0.25, 0.3) is 5.91 Å². The van der Waals surface area contributed by atoms with E-state index in [9.17, 15) is 9.59 Å². The SMILES string of the molecule is O=C(NCCCC(=O)N1CCN(Cc2cn3ccccc3n2)CC1)c1ccccc1. The first kappa shape index (κ1) is 20.1. The fourth-order valence-electron chi connectivity index (χ4n) is 3.74. The van der Waals surface area contributed by atoms with Crippen molar-refractivity contribution < 1.29 is 9.59 Å². The summed E-state index contributed by atoms with van der Waals surface area (Å²) < 4.78 is 2.03. The van der Waals surface area contributed by atoms with Gasteiger partial charge in [0.2, 0.25) is 5.91 Å². The summed E-state index contributed by atoms with van der Waals surface area (Å²) in [6.45, 7) is 4.49. The van der Waals surface area contributed by atoms with E-state index in [4.69, 9.17) is 0 Å². The van der Waals surface area contributed by atoms with Crippen molar-refractivity contribution in [2.24, 2.45) is 0 Å². The number of nitrogens with zero attached hydrogens (tertiary/aromatic N) is 4. The molecule has 156 valence electrons. The van der Waals surface area contributed by atoms with Crippen molar-refractivity contribution in [3.05, 3.63) is 72.2 Å². The normalized spacial score (nSPS) is 14.7. The van der Waals surface area contributed by atoms with E-state index in [2.05, 4.69) is 21.4 Å². The standard InChI is InChI=1S/C23H27N5O2/c29-22(10-6-11-24-23(30)19-7-2-1-3-8-19)27-15-13-26(14-16-27)17-20-18-28-12-5-4-9-21(28)25-20/h1-5,7-9,12,18H,6,10-11,13-17H2,(H,24,30). The summed E-state index contributed by atoms with van der Waals surface area (Å²) in [5.74, 6) is 0.0694. The smallest absolute Gasteiger partial charge is 0.251 e. The van der Waals surface area contributed by atoms with Gasteiger partial charge in [0.15, 0.2) is 0 Å². The van der Waals surface area contributed by atoms with Crippen LogP contribution in [0.25, 0.3) is 5.65 Å². The lowest BCUT2D eigenvalue weighted by molar-refractivity contribution is -0.133. The van der Waals surface area contributed by atoms with E-state index in [0.29, 0.717) is 24.9 Å². The number of rotatable bonds is 7. The monoisotopic (exact) mass is 405 g/mol. The van der Waals surface area contributed by atoms with Gasteiger partial charge in [-0.1, -0.05) is 24.3 Å². The van der Waals surface area contributed by atoms with Crippen molar-refractivity contribution in [3.63, 3.8) is 0 Å². The lowest BCUT2D eigenvalue weighted by atomic mass is 10.2. The molecule has 4 rings (SSSR count). The predicted octanol–water partition coefficient (Wildman–Crippen LogP) is 2.19. The highest BCUT2D eigenvalue weighted by Gasteiger charge is 2.21. The van der Waals surface area contributed by atoms with E-state index in [1.54, 1.807) is 12.1 Å². The Morgan fingerprint density at radius 2 is 1.73 bits per heavy atom. The number of aromatic nitrogens is 2. The number of nitrogens with one attached hydrogen (secondary N) is 1. The van der Waals surface area contributed by atoms with Crippen molar-refractivity contribution in [3.8, 4) is 0 Å². The molecule has 1 N–H and O–H groups in total. The van der Waals surface area contributed by atoms with Crippen LogP contribution in [-0.4, -0.2) is 63.7 Å². The molecule has 3 heterocycles. The second kappa shape index (κ2) is 9.54. The highest BCUT2D eigenvalue weighted by molar-refractivity contribution is 5.94. The van der Waals surface area contributed by atoms with Crippen LogP contribution < -0.4 is 5.32 Å². The number of piperazine rings is 1. The topological polar surface area (TPSA) is 70.0 Å². The van der Waals surface area contributed by atoms with Crippen LogP contribution in [0.15, 0.2) is 60.9 Å². The van der Waals surface area contributed by atoms with E-state index < -0.39 is 0 Å². The molecule has 30 heavy (non-hydrogen) atoms. The first-order valence-electron chi connectivity index (χ1n) is 10.4. The van der Waals surface area contributed by atoms with Crippen LogP contribution in [0.2, 0.25) is 0 Å². The summed E-state index contributed by atoms with van der Waals surface area (Å²) in [7, 11) is 0. The number of fused-ring (bicyclic) bond motifs is 1. The molecule has 7 nitrogen and oxygen atoms in total. The summed E-state index contributed by atoms with van der Waals surface area (Å²) in [5.41, 5.74) is 2.65. The molecule has 0 unspecified atom stereocenters. The van der Waals surface area contributed by atoms with Gasteiger partial charge in [0, 0.05) is 63.6 Å². The van der Waals surface area contributed by atoms with Gasteiger partial charge in [-0.2, -0.15) is 0 Å². The molecule has 1 aliphatic heterocycles. The quantitative estimate of drug-likeness (QED) is 0.612. The maximum atomic E-state index is 12.5. The molecule has 1 aromatic carbocycles. The summed E-state index contributed by atoms with van der Waals surface area (Å²) in [6, 6.07) is 15.1. The van der Waals surface area contributed by atoms with Crippen LogP contribution in [-0.2, 0) is 11.3 Å². The molecule has 1 aliphatic rings. The molecule has 2 amide bonds. The minimum absolute atomic E-state index is 0.0939. The molecule has 0 atom stereocenters.